The van der Waals surface area contributed by atoms with E-state index in [2.05, 4.69) is 14.7 Å². The Morgan fingerprint density at radius 1 is 1.50 bits per heavy atom. The highest BCUT2D eigenvalue weighted by molar-refractivity contribution is 7.09. The Labute approximate surface area is 115 Å². The van der Waals surface area contributed by atoms with Crippen molar-refractivity contribution >= 4 is 34.0 Å². The highest BCUT2D eigenvalue weighted by atomic mass is 35.5. The molecule has 0 aliphatic heterocycles. The zero-order chi connectivity index (χ0) is 13.1. The molecule has 0 spiro atoms. The van der Waals surface area contributed by atoms with Crippen LogP contribution in [0.1, 0.15) is 18.3 Å². The van der Waals surface area contributed by atoms with Crippen LogP contribution < -0.4 is 5.32 Å². The maximum absolute atomic E-state index is 9.27. The van der Waals surface area contributed by atoms with Gasteiger partial charge in [-0.15, -0.1) is 0 Å². The topological polar surface area (TPSA) is 58.0 Å². The summed E-state index contributed by atoms with van der Waals surface area (Å²) in [6, 6.07) is 5.65. The Bertz CT molecular complexity index is 542. The van der Waals surface area contributed by atoms with Crippen LogP contribution in [-0.4, -0.2) is 20.6 Å². The second-order valence-corrected chi connectivity index (χ2v) is 5.34. The summed E-state index contributed by atoms with van der Waals surface area (Å²) >= 11 is 7.23. The molecule has 4 nitrogen and oxygen atoms in total. The van der Waals surface area contributed by atoms with Crippen molar-refractivity contribution in [1.82, 2.24) is 9.36 Å². The maximum atomic E-state index is 9.27. The van der Waals surface area contributed by atoms with Gasteiger partial charge in [0.25, 0.3) is 0 Å². The molecule has 2 N–H and O–H groups in total. The van der Waals surface area contributed by atoms with Gasteiger partial charge in [0.2, 0.25) is 5.13 Å². The Balaban J connectivity index is 2.13. The second-order valence-electron chi connectivity index (χ2n) is 4.15. The number of aromatic nitrogens is 2. The predicted octanol–water partition coefficient (Wildman–Crippen LogP) is 3.17. The van der Waals surface area contributed by atoms with Gasteiger partial charge in [-0.25, -0.2) is 4.98 Å². The molecule has 0 aliphatic rings. The van der Waals surface area contributed by atoms with Crippen molar-refractivity contribution in [1.29, 1.82) is 0 Å². The van der Waals surface area contributed by atoms with Crippen LogP contribution >= 0.6 is 23.1 Å². The molecular formula is C12H14ClN3OS. The molecule has 1 aromatic heterocycles. The van der Waals surface area contributed by atoms with Gasteiger partial charge in [0.15, 0.2) is 0 Å². The standard InChI is InChI=1S/C12H14ClN3OS/c1-7-3-4-9(13)6-10(7)14-12-15-11(16-18-12)5-8(2)17/h3-4,6,8,17H,5H2,1-2H3,(H,14,15,16)/t8-/m0/s1. The first-order valence-electron chi connectivity index (χ1n) is 5.58. The monoisotopic (exact) mass is 283 g/mol. The van der Waals surface area contributed by atoms with E-state index in [1.165, 1.54) is 11.5 Å². The van der Waals surface area contributed by atoms with Gasteiger partial charge in [-0.2, -0.15) is 4.37 Å². The Kier molecular flexibility index (Phi) is 4.16. The first-order valence-corrected chi connectivity index (χ1v) is 6.73. The quantitative estimate of drug-likeness (QED) is 0.905. The number of hydrogen-bond donors (Lipinski definition) is 2. The molecule has 1 atom stereocenters. The molecule has 0 bridgehead atoms. The number of benzene rings is 1. The van der Waals surface area contributed by atoms with E-state index in [1.807, 2.05) is 25.1 Å². The van der Waals surface area contributed by atoms with Gasteiger partial charge in [-0.1, -0.05) is 17.7 Å². The van der Waals surface area contributed by atoms with Crippen LogP contribution in [0.3, 0.4) is 0 Å². The number of nitrogens with zero attached hydrogens (tertiary/aromatic N) is 2. The lowest BCUT2D eigenvalue weighted by Gasteiger charge is -2.06. The molecule has 2 aromatic rings. The second kappa shape index (κ2) is 5.65. The van der Waals surface area contributed by atoms with Crippen molar-refractivity contribution in [3.63, 3.8) is 0 Å². The number of anilines is 2. The van der Waals surface area contributed by atoms with E-state index >= 15 is 0 Å². The molecule has 0 fully saturated rings. The summed E-state index contributed by atoms with van der Waals surface area (Å²) in [6.45, 7) is 3.71. The molecule has 6 heteroatoms. The van der Waals surface area contributed by atoms with Crippen LogP contribution in [0.2, 0.25) is 5.02 Å². The average Bonchev–Trinajstić information content (AvgIpc) is 2.70. The molecule has 18 heavy (non-hydrogen) atoms. The summed E-state index contributed by atoms with van der Waals surface area (Å²) in [5.41, 5.74) is 2.01. The van der Waals surface area contributed by atoms with Crippen LogP contribution in [0.4, 0.5) is 10.8 Å². The molecule has 96 valence electrons. The lowest BCUT2D eigenvalue weighted by molar-refractivity contribution is 0.193. The zero-order valence-electron chi connectivity index (χ0n) is 10.1. The van der Waals surface area contributed by atoms with Crippen molar-refractivity contribution < 1.29 is 5.11 Å². The number of aliphatic hydroxyl groups is 1. The van der Waals surface area contributed by atoms with Gasteiger partial charge in [0.1, 0.15) is 5.82 Å². The summed E-state index contributed by atoms with van der Waals surface area (Å²) in [5.74, 6) is 0.650. The number of nitrogens with one attached hydrogen (secondary N) is 1. The van der Waals surface area contributed by atoms with Gasteiger partial charge in [-0.3, -0.25) is 0 Å². The highest BCUT2D eigenvalue weighted by Gasteiger charge is 2.08. The molecule has 0 saturated heterocycles. The Hall–Kier alpha value is -1.17. The van der Waals surface area contributed by atoms with Crippen LogP contribution in [-0.2, 0) is 6.42 Å². The van der Waals surface area contributed by atoms with Crippen LogP contribution in [0.25, 0.3) is 0 Å². The third-order valence-electron chi connectivity index (χ3n) is 2.39. The first kappa shape index (κ1) is 13.3. The van der Waals surface area contributed by atoms with E-state index in [9.17, 15) is 5.11 Å². The number of aliphatic hydroxyl groups excluding tert-OH is 1. The third kappa shape index (κ3) is 3.41. The smallest absolute Gasteiger partial charge is 0.207 e. The van der Waals surface area contributed by atoms with Gasteiger partial charge >= 0.3 is 0 Å². The van der Waals surface area contributed by atoms with Crippen LogP contribution in [0.5, 0.6) is 0 Å². The number of halogens is 1. The van der Waals surface area contributed by atoms with Gasteiger partial charge in [-0.05, 0) is 31.5 Å². The summed E-state index contributed by atoms with van der Waals surface area (Å²) in [6.07, 6.45) is 0.0348. The maximum Gasteiger partial charge on any atom is 0.207 e. The number of aryl methyl sites for hydroxylation is 1. The lowest BCUT2D eigenvalue weighted by Crippen LogP contribution is -2.05. The minimum atomic E-state index is -0.430. The van der Waals surface area contributed by atoms with Gasteiger partial charge in [0.05, 0.1) is 6.10 Å². The van der Waals surface area contributed by atoms with Crippen molar-refractivity contribution in [3.05, 3.63) is 34.6 Å². The molecule has 1 heterocycles. The lowest BCUT2D eigenvalue weighted by atomic mass is 10.2. The summed E-state index contributed by atoms with van der Waals surface area (Å²) in [7, 11) is 0. The van der Waals surface area contributed by atoms with Crippen molar-refractivity contribution in [3.8, 4) is 0 Å². The molecule has 0 aliphatic carbocycles. The van der Waals surface area contributed by atoms with Crippen LogP contribution in [0, 0.1) is 6.92 Å². The Morgan fingerprint density at radius 3 is 3.00 bits per heavy atom. The van der Waals surface area contributed by atoms with E-state index in [4.69, 9.17) is 11.6 Å². The molecule has 0 radical (unpaired) electrons. The van der Waals surface area contributed by atoms with Crippen molar-refractivity contribution in [2.75, 3.05) is 5.32 Å². The normalized spacial score (nSPS) is 12.4. The molecule has 1 aromatic carbocycles. The first-order chi connectivity index (χ1) is 8.54. The molecule has 2 rings (SSSR count). The number of rotatable bonds is 4. The highest BCUT2D eigenvalue weighted by Crippen LogP contribution is 2.25. The predicted molar refractivity (Wildman–Crippen MR) is 74.8 cm³/mol. The van der Waals surface area contributed by atoms with Gasteiger partial charge in [0, 0.05) is 28.7 Å². The van der Waals surface area contributed by atoms with E-state index in [0.717, 1.165) is 11.3 Å². The fourth-order valence-corrected chi connectivity index (χ4v) is 2.28. The van der Waals surface area contributed by atoms with Crippen molar-refractivity contribution in [2.45, 2.75) is 26.4 Å². The molecule has 0 amide bonds. The van der Waals surface area contributed by atoms with Gasteiger partial charge < -0.3 is 10.4 Å². The van der Waals surface area contributed by atoms with Crippen molar-refractivity contribution in [2.24, 2.45) is 0 Å². The summed E-state index contributed by atoms with van der Waals surface area (Å²) in [5, 5.41) is 13.8. The average molecular weight is 284 g/mol. The molecule has 0 saturated carbocycles. The SMILES string of the molecule is Cc1ccc(Cl)cc1Nc1nc(C[C@H](C)O)ns1. The zero-order valence-corrected chi connectivity index (χ0v) is 11.7. The largest absolute Gasteiger partial charge is 0.393 e. The fraction of sp³-hybridized carbons (Fsp3) is 0.333. The van der Waals surface area contributed by atoms with E-state index in [1.54, 1.807) is 6.92 Å². The fourth-order valence-electron chi connectivity index (χ4n) is 1.50. The summed E-state index contributed by atoms with van der Waals surface area (Å²) in [4.78, 5) is 4.31. The van der Waals surface area contributed by atoms with Crippen LogP contribution in [0.15, 0.2) is 18.2 Å². The summed E-state index contributed by atoms with van der Waals surface area (Å²) < 4.78 is 4.18. The molecule has 0 unspecified atom stereocenters. The van der Waals surface area contributed by atoms with E-state index < -0.39 is 6.10 Å². The van der Waals surface area contributed by atoms with E-state index in [-0.39, 0.29) is 0 Å². The molecular weight excluding hydrogens is 270 g/mol. The minimum Gasteiger partial charge on any atom is -0.393 e. The Morgan fingerprint density at radius 2 is 2.28 bits per heavy atom. The van der Waals surface area contributed by atoms with E-state index in [0.29, 0.717) is 22.4 Å². The number of hydrogen-bond acceptors (Lipinski definition) is 5. The minimum absolute atomic E-state index is 0.430. The third-order valence-corrected chi connectivity index (χ3v) is 3.29.